The largest absolute Gasteiger partial charge is 0.508 e. The summed E-state index contributed by atoms with van der Waals surface area (Å²) in [6, 6.07) is 8.59. The summed E-state index contributed by atoms with van der Waals surface area (Å²) in [5.74, 6) is 0.680. The molecule has 128 valence electrons. The number of phenolic OH excluding ortho intramolecular Hbond substituents is 2. The molecule has 2 N–H and O–H groups in total. The molecule has 0 bridgehead atoms. The summed E-state index contributed by atoms with van der Waals surface area (Å²) in [4.78, 5) is 21.5. The molecule has 0 fully saturated rings. The Morgan fingerprint density at radius 3 is 2.04 bits per heavy atom. The van der Waals surface area contributed by atoms with Crippen molar-refractivity contribution in [2.45, 2.75) is 6.92 Å². The molecule has 0 saturated carbocycles. The molecule has 0 saturated heterocycles. The van der Waals surface area contributed by atoms with E-state index < -0.39 is 5.24 Å². The Morgan fingerprint density at radius 2 is 1.58 bits per heavy atom. The Morgan fingerprint density at radius 1 is 0.958 bits per heavy atom. The Kier molecular flexibility index (Phi) is 7.07. The Labute approximate surface area is 144 Å². The van der Waals surface area contributed by atoms with Gasteiger partial charge in [0.1, 0.15) is 11.5 Å². The van der Waals surface area contributed by atoms with Crippen LogP contribution in [0.25, 0.3) is 0 Å². The van der Waals surface area contributed by atoms with E-state index in [-0.39, 0.29) is 22.8 Å². The fourth-order valence-corrected chi connectivity index (χ4v) is 1.88. The number of methoxy groups -OCH3 is 2. The summed E-state index contributed by atoms with van der Waals surface area (Å²) in [5.41, 5.74) is 0.532. The highest BCUT2D eigenvalue weighted by molar-refractivity contribution is 6.67. The van der Waals surface area contributed by atoms with Gasteiger partial charge in [0.15, 0.2) is 17.3 Å². The number of halogens is 1. The van der Waals surface area contributed by atoms with Crippen molar-refractivity contribution < 1.29 is 29.3 Å². The van der Waals surface area contributed by atoms with Gasteiger partial charge >= 0.3 is 0 Å². The SMILES string of the molecule is CC(=O)c1cc(O)ccc1O.COc1ccc(C(=O)Cl)cc1OC. The van der Waals surface area contributed by atoms with Crippen molar-refractivity contribution >= 4 is 22.6 Å². The van der Waals surface area contributed by atoms with Gasteiger partial charge in [-0.05, 0) is 54.9 Å². The van der Waals surface area contributed by atoms with Crippen LogP contribution in [0, 0.1) is 0 Å². The van der Waals surface area contributed by atoms with Gasteiger partial charge < -0.3 is 19.7 Å². The lowest BCUT2D eigenvalue weighted by molar-refractivity contribution is 0.101. The topological polar surface area (TPSA) is 93.1 Å². The van der Waals surface area contributed by atoms with Crippen LogP contribution in [0.1, 0.15) is 27.6 Å². The maximum Gasteiger partial charge on any atom is 0.252 e. The third kappa shape index (κ3) is 5.17. The third-order valence-electron chi connectivity index (χ3n) is 2.97. The average Bonchev–Trinajstić information content (AvgIpc) is 2.56. The van der Waals surface area contributed by atoms with Crippen LogP contribution < -0.4 is 9.47 Å². The number of ether oxygens (including phenoxy) is 2. The molecule has 0 amide bonds. The Balaban J connectivity index is 0.000000243. The van der Waals surface area contributed by atoms with Crippen molar-refractivity contribution in [1.82, 2.24) is 0 Å². The number of benzene rings is 2. The normalized spacial score (nSPS) is 9.50. The first-order valence-corrected chi connectivity index (χ1v) is 7.12. The minimum atomic E-state index is -0.513. The maximum atomic E-state index is 10.8. The highest BCUT2D eigenvalue weighted by Gasteiger charge is 2.08. The Bertz CT molecular complexity index is 742. The smallest absolute Gasteiger partial charge is 0.252 e. The van der Waals surface area contributed by atoms with Gasteiger partial charge in [0.25, 0.3) is 5.24 Å². The first kappa shape index (κ1) is 19.3. The number of Topliss-reactive ketones (excluding diaryl/α,β-unsaturated/α-hetero) is 1. The van der Waals surface area contributed by atoms with E-state index in [1.165, 1.54) is 45.4 Å². The van der Waals surface area contributed by atoms with Crippen LogP contribution in [0.4, 0.5) is 0 Å². The first-order valence-electron chi connectivity index (χ1n) is 6.75. The van der Waals surface area contributed by atoms with E-state index >= 15 is 0 Å². The molecule has 0 heterocycles. The maximum absolute atomic E-state index is 10.8. The van der Waals surface area contributed by atoms with E-state index in [2.05, 4.69) is 0 Å². The first-order chi connectivity index (χ1) is 11.3. The van der Waals surface area contributed by atoms with Gasteiger partial charge in [-0.3, -0.25) is 9.59 Å². The molecular formula is C17H17ClO6. The summed E-state index contributed by atoms with van der Waals surface area (Å²) in [5, 5.41) is 17.5. The average molecular weight is 353 g/mol. The monoisotopic (exact) mass is 352 g/mol. The zero-order chi connectivity index (χ0) is 18.3. The zero-order valence-electron chi connectivity index (χ0n) is 13.4. The predicted octanol–water partition coefficient (Wildman–Crippen LogP) is 3.38. The van der Waals surface area contributed by atoms with Crippen LogP contribution in [0.5, 0.6) is 23.0 Å². The molecule has 0 aliphatic carbocycles. The number of phenols is 2. The number of hydrogen-bond acceptors (Lipinski definition) is 6. The van der Waals surface area contributed by atoms with Crippen LogP contribution in [-0.4, -0.2) is 35.5 Å². The van der Waals surface area contributed by atoms with E-state index in [4.69, 9.17) is 31.3 Å². The van der Waals surface area contributed by atoms with E-state index in [0.717, 1.165) is 0 Å². The number of aromatic hydroxyl groups is 2. The van der Waals surface area contributed by atoms with Gasteiger partial charge in [-0.1, -0.05) is 0 Å². The van der Waals surface area contributed by atoms with E-state index in [9.17, 15) is 9.59 Å². The molecule has 0 radical (unpaired) electrons. The third-order valence-corrected chi connectivity index (χ3v) is 3.19. The molecule has 2 aromatic rings. The lowest BCUT2D eigenvalue weighted by Gasteiger charge is -2.07. The van der Waals surface area contributed by atoms with Crippen LogP contribution in [0.15, 0.2) is 36.4 Å². The number of rotatable bonds is 4. The summed E-state index contributed by atoms with van der Waals surface area (Å²) < 4.78 is 9.98. The van der Waals surface area contributed by atoms with E-state index in [1.807, 2.05) is 0 Å². The molecule has 6 nitrogen and oxygen atoms in total. The molecule has 7 heteroatoms. The van der Waals surface area contributed by atoms with Gasteiger partial charge in [0.05, 0.1) is 19.8 Å². The second kappa shape index (κ2) is 8.79. The predicted molar refractivity (Wildman–Crippen MR) is 89.5 cm³/mol. The van der Waals surface area contributed by atoms with Crippen molar-refractivity contribution in [3.8, 4) is 23.0 Å². The minimum Gasteiger partial charge on any atom is -0.508 e. The summed E-state index contributed by atoms with van der Waals surface area (Å²) in [6.07, 6.45) is 0. The van der Waals surface area contributed by atoms with Crippen LogP contribution in [0.2, 0.25) is 0 Å². The standard InChI is InChI=1S/C9H9ClO3.C8H8O3/c1-12-7-4-3-6(9(10)11)5-8(7)13-2;1-5(9)7-4-6(10)2-3-8(7)11/h3-5H,1-2H3;2-4,10-11H,1H3. The van der Waals surface area contributed by atoms with Crippen molar-refractivity contribution in [2.75, 3.05) is 14.2 Å². The highest BCUT2D eigenvalue weighted by Crippen LogP contribution is 2.28. The van der Waals surface area contributed by atoms with E-state index in [1.54, 1.807) is 12.1 Å². The number of carbonyl (C=O) groups is 2. The van der Waals surface area contributed by atoms with E-state index in [0.29, 0.717) is 17.1 Å². The molecule has 0 unspecified atom stereocenters. The minimum absolute atomic E-state index is 0.0204. The quantitative estimate of drug-likeness (QED) is 0.497. The fourth-order valence-electron chi connectivity index (χ4n) is 1.76. The van der Waals surface area contributed by atoms with Crippen molar-refractivity contribution in [1.29, 1.82) is 0 Å². The van der Waals surface area contributed by atoms with Crippen LogP contribution in [-0.2, 0) is 0 Å². The van der Waals surface area contributed by atoms with Gasteiger partial charge in [0, 0.05) is 5.56 Å². The second-order valence-corrected chi connectivity index (χ2v) is 4.94. The van der Waals surface area contributed by atoms with Crippen LogP contribution in [0.3, 0.4) is 0 Å². The molecule has 0 aromatic heterocycles. The van der Waals surface area contributed by atoms with Crippen molar-refractivity contribution in [3.63, 3.8) is 0 Å². The molecule has 24 heavy (non-hydrogen) atoms. The molecule has 0 atom stereocenters. The van der Waals surface area contributed by atoms with Gasteiger partial charge in [0.2, 0.25) is 0 Å². The molecule has 0 aliphatic rings. The summed E-state index contributed by atoms with van der Waals surface area (Å²) in [7, 11) is 3.03. The van der Waals surface area contributed by atoms with Gasteiger partial charge in [-0.2, -0.15) is 0 Å². The second-order valence-electron chi connectivity index (χ2n) is 4.60. The number of hydrogen-bond donors (Lipinski definition) is 2. The Hall–Kier alpha value is -2.73. The van der Waals surface area contributed by atoms with Crippen LogP contribution >= 0.6 is 11.6 Å². The molecular weight excluding hydrogens is 336 g/mol. The van der Waals surface area contributed by atoms with Crippen molar-refractivity contribution in [3.05, 3.63) is 47.5 Å². The highest BCUT2D eigenvalue weighted by atomic mass is 35.5. The molecule has 0 aliphatic heterocycles. The van der Waals surface area contributed by atoms with Gasteiger partial charge in [-0.25, -0.2) is 0 Å². The lowest BCUT2D eigenvalue weighted by Crippen LogP contribution is -1.94. The summed E-state index contributed by atoms with van der Waals surface area (Å²) >= 11 is 5.29. The molecule has 2 rings (SSSR count). The lowest BCUT2D eigenvalue weighted by atomic mass is 10.1. The van der Waals surface area contributed by atoms with Gasteiger partial charge in [-0.15, -0.1) is 0 Å². The molecule has 2 aromatic carbocycles. The number of ketones is 1. The summed E-state index contributed by atoms with van der Waals surface area (Å²) in [6.45, 7) is 1.33. The zero-order valence-corrected chi connectivity index (χ0v) is 14.1. The number of carbonyl (C=O) groups excluding carboxylic acids is 2. The fraction of sp³-hybridized carbons (Fsp3) is 0.176. The molecule has 0 spiro atoms. The van der Waals surface area contributed by atoms with Crippen molar-refractivity contribution in [2.24, 2.45) is 0 Å².